The number of carbonyl (C=O) groups is 2. The number of nitrogens with zero attached hydrogens (tertiary/aromatic N) is 3. The fourth-order valence-electron chi connectivity index (χ4n) is 4.12. The third-order valence-corrected chi connectivity index (χ3v) is 6.09. The van der Waals surface area contributed by atoms with Gasteiger partial charge in [0.1, 0.15) is 5.75 Å². The second kappa shape index (κ2) is 14.1. The van der Waals surface area contributed by atoms with Gasteiger partial charge in [0.25, 0.3) is 0 Å². The van der Waals surface area contributed by atoms with Crippen molar-refractivity contribution in [2.24, 2.45) is 0 Å². The molecule has 2 aromatic carbocycles. The Morgan fingerprint density at radius 2 is 1.64 bits per heavy atom. The summed E-state index contributed by atoms with van der Waals surface area (Å²) in [7, 11) is 3.30. The largest absolute Gasteiger partial charge is 0.497 e. The normalized spacial score (nSPS) is 10.8. The van der Waals surface area contributed by atoms with Crippen molar-refractivity contribution >= 4 is 11.8 Å². The molecule has 0 saturated heterocycles. The molecule has 0 bridgehead atoms. The molecule has 1 aromatic heterocycles. The molecule has 3 aromatic rings. The lowest BCUT2D eigenvalue weighted by molar-refractivity contribution is -0.141. The van der Waals surface area contributed by atoms with E-state index in [1.54, 1.807) is 19.1 Å². The summed E-state index contributed by atoms with van der Waals surface area (Å²) in [5, 5.41) is 0. The Hall–Kier alpha value is -3.58. The number of benzene rings is 2. The van der Waals surface area contributed by atoms with E-state index in [0.29, 0.717) is 45.6 Å². The van der Waals surface area contributed by atoms with Gasteiger partial charge in [-0.1, -0.05) is 49.4 Å². The Morgan fingerprint density at radius 1 is 0.861 bits per heavy atom. The van der Waals surface area contributed by atoms with Gasteiger partial charge in [-0.15, -0.1) is 0 Å². The van der Waals surface area contributed by atoms with Gasteiger partial charge in [0, 0.05) is 51.7 Å². The van der Waals surface area contributed by atoms with Crippen molar-refractivity contribution < 1.29 is 19.1 Å². The molecule has 3 rings (SSSR count). The minimum absolute atomic E-state index is 0.0273. The van der Waals surface area contributed by atoms with Gasteiger partial charge in [-0.3, -0.25) is 9.59 Å². The standard InChI is InChI=1S/C29H37N3O4/c1-4-28(33)31(17-10-18-35-2)23-29(34)32(20-24-11-6-5-7-12-24)22-26-14-9-16-30(26)21-25-13-8-15-27(19-25)36-3/h5-9,11-16,19H,4,10,17-18,20-23H2,1-3H3. The Morgan fingerprint density at radius 3 is 2.36 bits per heavy atom. The molecule has 0 unspecified atom stereocenters. The summed E-state index contributed by atoms with van der Waals surface area (Å²) >= 11 is 0. The molecule has 0 aliphatic rings. The number of ether oxygens (including phenoxy) is 2. The van der Waals surface area contributed by atoms with Crippen LogP contribution in [-0.2, 0) is 34.0 Å². The molecular weight excluding hydrogens is 454 g/mol. The maximum atomic E-state index is 13.6. The fourth-order valence-corrected chi connectivity index (χ4v) is 4.12. The number of amides is 2. The van der Waals surface area contributed by atoms with E-state index in [2.05, 4.69) is 10.6 Å². The monoisotopic (exact) mass is 491 g/mol. The molecule has 7 heteroatoms. The molecule has 0 aliphatic heterocycles. The highest BCUT2D eigenvalue weighted by atomic mass is 16.5. The van der Waals surface area contributed by atoms with Gasteiger partial charge in [0.2, 0.25) is 11.8 Å². The van der Waals surface area contributed by atoms with Crippen molar-refractivity contribution in [3.05, 3.63) is 89.7 Å². The van der Waals surface area contributed by atoms with Crippen LogP contribution < -0.4 is 4.74 Å². The summed E-state index contributed by atoms with van der Waals surface area (Å²) in [6.45, 7) is 4.51. The van der Waals surface area contributed by atoms with Crippen LogP contribution in [0.1, 0.15) is 36.6 Å². The van der Waals surface area contributed by atoms with E-state index < -0.39 is 0 Å². The molecule has 2 amide bonds. The highest BCUT2D eigenvalue weighted by Crippen LogP contribution is 2.17. The van der Waals surface area contributed by atoms with Gasteiger partial charge < -0.3 is 23.8 Å². The van der Waals surface area contributed by atoms with Crippen LogP contribution in [0.3, 0.4) is 0 Å². The van der Waals surface area contributed by atoms with Gasteiger partial charge >= 0.3 is 0 Å². The first-order valence-corrected chi connectivity index (χ1v) is 12.4. The average molecular weight is 492 g/mol. The van der Waals surface area contributed by atoms with Crippen molar-refractivity contribution in [1.82, 2.24) is 14.4 Å². The Balaban J connectivity index is 1.79. The molecular formula is C29H37N3O4. The molecule has 0 atom stereocenters. The molecule has 0 saturated carbocycles. The minimum Gasteiger partial charge on any atom is -0.497 e. The van der Waals surface area contributed by atoms with E-state index in [9.17, 15) is 9.59 Å². The first-order chi connectivity index (χ1) is 17.5. The maximum Gasteiger partial charge on any atom is 0.242 e. The van der Waals surface area contributed by atoms with Gasteiger partial charge in [-0.05, 0) is 41.8 Å². The zero-order valence-electron chi connectivity index (χ0n) is 21.6. The highest BCUT2D eigenvalue weighted by molar-refractivity contribution is 5.84. The molecule has 0 aliphatic carbocycles. The van der Waals surface area contributed by atoms with E-state index in [4.69, 9.17) is 9.47 Å². The lowest BCUT2D eigenvalue weighted by Crippen LogP contribution is -2.43. The SMILES string of the molecule is CCC(=O)N(CCCOC)CC(=O)N(Cc1ccccc1)Cc1cccn1Cc1cccc(OC)c1. The molecule has 7 nitrogen and oxygen atoms in total. The Kier molecular flexibility index (Phi) is 10.6. The van der Waals surface area contributed by atoms with E-state index in [0.717, 1.165) is 22.6 Å². The minimum atomic E-state index is -0.0767. The summed E-state index contributed by atoms with van der Waals surface area (Å²) < 4.78 is 12.7. The smallest absolute Gasteiger partial charge is 0.242 e. The zero-order valence-corrected chi connectivity index (χ0v) is 21.6. The third-order valence-electron chi connectivity index (χ3n) is 6.09. The zero-order chi connectivity index (χ0) is 25.8. The first kappa shape index (κ1) is 27.0. The summed E-state index contributed by atoms with van der Waals surface area (Å²) in [6, 6.07) is 22.0. The number of carbonyl (C=O) groups excluding carboxylic acids is 2. The quantitative estimate of drug-likeness (QED) is 0.315. The van der Waals surface area contributed by atoms with Gasteiger partial charge in [-0.2, -0.15) is 0 Å². The molecule has 192 valence electrons. The molecule has 0 fully saturated rings. The predicted molar refractivity (Wildman–Crippen MR) is 141 cm³/mol. The van der Waals surface area contributed by atoms with Crippen molar-refractivity contribution in [2.45, 2.75) is 39.4 Å². The second-order valence-corrected chi connectivity index (χ2v) is 8.73. The number of hydrogen-bond donors (Lipinski definition) is 0. The third kappa shape index (κ3) is 7.99. The van der Waals surface area contributed by atoms with E-state index in [1.807, 2.05) is 78.7 Å². The van der Waals surface area contributed by atoms with Crippen molar-refractivity contribution in [1.29, 1.82) is 0 Å². The lowest BCUT2D eigenvalue weighted by Gasteiger charge is -2.28. The van der Waals surface area contributed by atoms with Crippen molar-refractivity contribution in [2.75, 3.05) is 33.9 Å². The molecule has 36 heavy (non-hydrogen) atoms. The van der Waals surface area contributed by atoms with Crippen LogP contribution in [0.15, 0.2) is 72.9 Å². The van der Waals surface area contributed by atoms with Crippen LogP contribution in [0.5, 0.6) is 5.75 Å². The topological polar surface area (TPSA) is 64.0 Å². The van der Waals surface area contributed by atoms with Gasteiger partial charge in [-0.25, -0.2) is 0 Å². The highest BCUT2D eigenvalue weighted by Gasteiger charge is 2.22. The van der Waals surface area contributed by atoms with Crippen LogP contribution in [0.25, 0.3) is 0 Å². The van der Waals surface area contributed by atoms with Crippen LogP contribution in [0, 0.1) is 0 Å². The number of rotatable bonds is 14. The predicted octanol–water partition coefficient (Wildman–Crippen LogP) is 4.35. The van der Waals surface area contributed by atoms with E-state index in [-0.39, 0.29) is 18.4 Å². The van der Waals surface area contributed by atoms with Crippen LogP contribution in [0.4, 0.5) is 0 Å². The second-order valence-electron chi connectivity index (χ2n) is 8.73. The number of aromatic nitrogens is 1. The fraction of sp³-hybridized carbons (Fsp3) is 0.379. The summed E-state index contributed by atoms with van der Waals surface area (Å²) in [4.78, 5) is 29.6. The number of hydrogen-bond acceptors (Lipinski definition) is 4. The average Bonchev–Trinajstić information content (AvgIpc) is 3.34. The van der Waals surface area contributed by atoms with Crippen LogP contribution >= 0.6 is 0 Å². The van der Waals surface area contributed by atoms with Gasteiger partial charge in [0.05, 0.1) is 20.2 Å². The Bertz CT molecular complexity index is 1100. The summed E-state index contributed by atoms with van der Waals surface area (Å²) in [5.41, 5.74) is 3.19. The molecule has 0 N–H and O–H groups in total. The van der Waals surface area contributed by atoms with E-state index >= 15 is 0 Å². The first-order valence-electron chi connectivity index (χ1n) is 12.4. The summed E-state index contributed by atoms with van der Waals surface area (Å²) in [5.74, 6) is 0.712. The molecule has 0 radical (unpaired) electrons. The van der Waals surface area contributed by atoms with Crippen molar-refractivity contribution in [3.8, 4) is 5.75 Å². The molecule has 1 heterocycles. The van der Waals surface area contributed by atoms with Crippen molar-refractivity contribution in [3.63, 3.8) is 0 Å². The lowest BCUT2D eigenvalue weighted by atomic mass is 10.2. The molecule has 0 spiro atoms. The maximum absolute atomic E-state index is 13.6. The summed E-state index contributed by atoms with van der Waals surface area (Å²) in [6.07, 6.45) is 3.08. The number of methoxy groups -OCH3 is 2. The van der Waals surface area contributed by atoms with E-state index in [1.165, 1.54) is 0 Å². The van der Waals surface area contributed by atoms with Crippen LogP contribution in [0.2, 0.25) is 0 Å². The van der Waals surface area contributed by atoms with Gasteiger partial charge in [0.15, 0.2) is 0 Å². The Labute approximate surface area is 214 Å². The van der Waals surface area contributed by atoms with Crippen LogP contribution in [-0.4, -0.2) is 60.1 Å².